The number of fused-ring (bicyclic) bond motifs is 2. The van der Waals surface area contributed by atoms with Crippen molar-refractivity contribution in [3.63, 3.8) is 0 Å². The molecule has 1 aliphatic carbocycles. The van der Waals surface area contributed by atoms with Crippen LogP contribution in [0.4, 0.5) is 0 Å². The summed E-state index contributed by atoms with van der Waals surface area (Å²) in [5, 5.41) is 2.85. The van der Waals surface area contributed by atoms with E-state index in [0.29, 0.717) is 10.8 Å². The van der Waals surface area contributed by atoms with Crippen molar-refractivity contribution in [2.45, 2.75) is 12.8 Å². The van der Waals surface area contributed by atoms with Crippen LogP contribution in [0.1, 0.15) is 17.6 Å². The van der Waals surface area contributed by atoms with Crippen molar-refractivity contribution in [1.82, 2.24) is 9.55 Å². The van der Waals surface area contributed by atoms with Gasteiger partial charge in [-0.15, -0.1) is 0 Å². The normalized spacial score (nSPS) is 14.3. The maximum atomic E-state index is 13.0. The Bertz CT molecular complexity index is 1140. The molecular weight excluding hydrogens is 332 g/mol. The van der Waals surface area contributed by atoms with Crippen molar-refractivity contribution >= 4 is 39.3 Å². The minimum absolute atomic E-state index is 0.113. The Morgan fingerprint density at radius 1 is 1.04 bits per heavy atom. The Hall–Kier alpha value is -2.65. The first-order valence-corrected chi connectivity index (χ1v) is 8.80. The molecular formula is C21H15ClN2O. The molecule has 0 aliphatic heterocycles. The Balaban J connectivity index is 1.85. The maximum Gasteiger partial charge on any atom is 0.235 e. The van der Waals surface area contributed by atoms with Crippen LogP contribution < -0.4 is 0 Å². The zero-order valence-corrected chi connectivity index (χ0v) is 14.2. The number of nitrogens with zero attached hydrogens (tertiary/aromatic N) is 2. The van der Waals surface area contributed by atoms with Crippen molar-refractivity contribution in [2.24, 2.45) is 5.92 Å². The van der Waals surface area contributed by atoms with E-state index in [1.54, 1.807) is 4.57 Å². The van der Waals surface area contributed by atoms with Gasteiger partial charge in [0.2, 0.25) is 5.91 Å². The van der Waals surface area contributed by atoms with Crippen LogP contribution in [0, 0.1) is 5.92 Å². The second-order valence-electron chi connectivity index (χ2n) is 6.54. The lowest BCUT2D eigenvalue weighted by Gasteiger charge is -2.10. The minimum Gasteiger partial charge on any atom is -0.274 e. The molecule has 0 saturated heterocycles. The molecule has 1 saturated carbocycles. The SMILES string of the molecule is O=C(C1CC1)n1c(-c2cccc3ccccc23)nc2cc(Cl)ccc21. The molecule has 1 heterocycles. The van der Waals surface area contributed by atoms with Crippen LogP contribution in [-0.4, -0.2) is 15.5 Å². The van der Waals surface area contributed by atoms with Crippen LogP contribution in [0.3, 0.4) is 0 Å². The fourth-order valence-corrected chi connectivity index (χ4v) is 3.56. The topological polar surface area (TPSA) is 34.9 Å². The van der Waals surface area contributed by atoms with Crippen LogP contribution in [0.5, 0.6) is 0 Å². The minimum atomic E-state index is 0.113. The summed E-state index contributed by atoms with van der Waals surface area (Å²) in [7, 11) is 0. The van der Waals surface area contributed by atoms with Crippen molar-refractivity contribution in [2.75, 3.05) is 0 Å². The highest BCUT2D eigenvalue weighted by Crippen LogP contribution is 2.36. The quantitative estimate of drug-likeness (QED) is 0.476. The molecule has 1 aromatic heterocycles. The number of imidazole rings is 1. The molecule has 122 valence electrons. The summed E-state index contributed by atoms with van der Waals surface area (Å²) >= 11 is 6.14. The summed E-state index contributed by atoms with van der Waals surface area (Å²) in [5.74, 6) is 0.945. The number of hydrogen-bond donors (Lipinski definition) is 0. The standard InChI is InChI=1S/C21H15ClN2O/c22-15-10-11-19-18(12-15)23-20(24(19)21(25)14-8-9-14)17-7-3-5-13-4-1-2-6-16(13)17/h1-7,10-12,14H,8-9H2. The van der Waals surface area contributed by atoms with Gasteiger partial charge in [0.05, 0.1) is 11.0 Å². The van der Waals surface area contributed by atoms with E-state index in [4.69, 9.17) is 16.6 Å². The van der Waals surface area contributed by atoms with Gasteiger partial charge in [0, 0.05) is 16.5 Å². The van der Waals surface area contributed by atoms with Crippen molar-refractivity contribution in [3.05, 3.63) is 65.7 Å². The van der Waals surface area contributed by atoms with Crippen LogP contribution in [0.2, 0.25) is 5.02 Å². The Morgan fingerprint density at radius 2 is 1.84 bits per heavy atom. The monoisotopic (exact) mass is 346 g/mol. The number of hydrogen-bond acceptors (Lipinski definition) is 2. The molecule has 3 nitrogen and oxygen atoms in total. The highest BCUT2D eigenvalue weighted by molar-refractivity contribution is 6.31. The molecule has 4 heteroatoms. The van der Waals surface area contributed by atoms with E-state index in [0.717, 1.165) is 40.2 Å². The molecule has 0 amide bonds. The number of halogens is 1. The summed E-state index contributed by atoms with van der Waals surface area (Å²) in [5.41, 5.74) is 2.55. The number of carbonyl (C=O) groups is 1. The number of rotatable bonds is 2. The van der Waals surface area contributed by atoms with Gasteiger partial charge in [-0.05, 0) is 41.8 Å². The second-order valence-corrected chi connectivity index (χ2v) is 6.98. The lowest BCUT2D eigenvalue weighted by Crippen LogP contribution is -2.14. The summed E-state index contributed by atoms with van der Waals surface area (Å²) in [4.78, 5) is 17.8. The van der Waals surface area contributed by atoms with Crippen molar-refractivity contribution < 1.29 is 4.79 Å². The van der Waals surface area contributed by atoms with Gasteiger partial charge in [0.15, 0.2) is 0 Å². The molecule has 4 aromatic rings. The van der Waals surface area contributed by atoms with Crippen LogP contribution in [0.25, 0.3) is 33.2 Å². The van der Waals surface area contributed by atoms with E-state index in [1.165, 1.54) is 0 Å². The first-order chi connectivity index (χ1) is 12.2. The van der Waals surface area contributed by atoms with Gasteiger partial charge in [-0.2, -0.15) is 0 Å². The summed E-state index contributed by atoms with van der Waals surface area (Å²) in [6.07, 6.45) is 1.92. The van der Waals surface area contributed by atoms with E-state index < -0.39 is 0 Å². The molecule has 0 spiro atoms. The zero-order valence-electron chi connectivity index (χ0n) is 13.4. The highest BCUT2D eigenvalue weighted by Gasteiger charge is 2.33. The van der Waals surface area contributed by atoms with E-state index >= 15 is 0 Å². The van der Waals surface area contributed by atoms with Gasteiger partial charge in [-0.3, -0.25) is 9.36 Å². The van der Waals surface area contributed by atoms with Crippen LogP contribution in [-0.2, 0) is 0 Å². The van der Waals surface area contributed by atoms with Crippen molar-refractivity contribution in [3.8, 4) is 11.4 Å². The van der Waals surface area contributed by atoms with Gasteiger partial charge in [0.1, 0.15) is 5.82 Å². The predicted octanol–water partition coefficient (Wildman–Crippen LogP) is 5.56. The lowest BCUT2D eigenvalue weighted by molar-refractivity contribution is 0.0893. The van der Waals surface area contributed by atoms with Crippen molar-refractivity contribution in [1.29, 1.82) is 0 Å². The lowest BCUT2D eigenvalue weighted by atomic mass is 10.0. The van der Waals surface area contributed by atoms with Gasteiger partial charge in [-0.1, -0.05) is 54.1 Å². The maximum absolute atomic E-state index is 13.0. The number of aromatic nitrogens is 2. The average molecular weight is 347 g/mol. The number of benzene rings is 3. The molecule has 3 aromatic carbocycles. The van der Waals surface area contributed by atoms with E-state index in [1.807, 2.05) is 42.5 Å². The third-order valence-electron chi connectivity index (χ3n) is 4.79. The zero-order chi connectivity index (χ0) is 17.0. The highest BCUT2D eigenvalue weighted by atomic mass is 35.5. The molecule has 0 bridgehead atoms. The summed E-state index contributed by atoms with van der Waals surface area (Å²) in [6.45, 7) is 0. The molecule has 1 aliphatic rings. The molecule has 0 atom stereocenters. The van der Waals surface area contributed by atoms with Gasteiger partial charge < -0.3 is 0 Å². The Morgan fingerprint density at radius 3 is 2.68 bits per heavy atom. The smallest absolute Gasteiger partial charge is 0.235 e. The van der Waals surface area contributed by atoms with Crippen LogP contribution >= 0.6 is 11.6 Å². The molecule has 0 N–H and O–H groups in total. The summed E-state index contributed by atoms with van der Waals surface area (Å²) in [6, 6.07) is 19.8. The largest absolute Gasteiger partial charge is 0.274 e. The Labute approximate surface area is 149 Å². The van der Waals surface area contributed by atoms with E-state index in [2.05, 4.69) is 18.2 Å². The first-order valence-electron chi connectivity index (χ1n) is 8.43. The summed E-state index contributed by atoms with van der Waals surface area (Å²) < 4.78 is 1.78. The van der Waals surface area contributed by atoms with Gasteiger partial charge >= 0.3 is 0 Å². The fourth-order valence-electron chi connectivity index (χ4n) is 3.39. The molecule has 25 heavy (non-hydrogen) atoms. The Kier molecular flexibility index (Phi) is 3.19. The predicted molar refractivity (Wildman–Crippen MR) is 101 cm³/mol. The average Bonchev–Trinajstić information content (AvgIpc) is 3.41. The second kappa shape index (κ2) is 5.43. The third kappa shape index (κ3) is 2.35. The number of carbonyl (C=O) groups excluding carboxylic acids is 1. The molecule has 0 radical (unpaired) electrons. The van der Waals surface area contributed by atoms with E-state index in [9.17, 15) is 4.79 Å². The van der Waals surface area contributed by atoms with E-state index in [-0.39, 0.29) is 11.8 Å². The fraction of sp³-hybridized carbons (Fsp3) is 0.143. The molecule has 5 rings (SSSR count). The third-order valence-corrected chi connectivity index (χ3v) is 5.03. The van der Waals surface area contributed by atoms with Crippen LogP contribution in [0.15, 0.2) is 60.7 Å². The van der Waals surface area contributed by atoms with Gasteiger partial charge in [0.25, 0.3) is 0 Å². The first kappa shape index (κ1) is 14.7. The molecule has 0 unspecified atom stereocenters. The van der Waals surface area contributed by atoms with Gasteiger partial charge in [-0.25, -0.2) is 4.98 Å². The molecule has 1 fully saturated rings.